The van der Waals surface area contributed by atoms with Crippen LogP contribution in [0.25, 0.3) is 0 Å². The summed E-state index contributed by atoms with van der Waals surface area (Å²) >= 11 is 0. The van der Waals surface area contributed by atoms with Crippen molar-refractivity contribution < 1.29 is 19.5 Å². The average molecular weight is 360 g/mol. The normalized spacial score (nSPS) is 53.7. The molecule has 0 aromatic heterocycles. The Morgan fingerprint density at radius 2 is 1.85 bits per heavy atom. The van der Waals surface area contributed by atoms with E-state index in [0.717, 1.165) is 19.3 Å². The van der Waals surface area contributed by atoms with Crippen molar-refractivity contribution in [1.29, 1.82) is 0 Å². The lowest BCUT2D eigenvalue weighted by atomic mass is 9.41. The van der Waals surface area contributed by atoms with Crippen LogP contribution >= 0.6 is 0 Å². The average Bonchev–Trinajstić information content (AvgIpc) is 2.87. The molecule has 4 nitrogen and oxygen atoms in total. The minimum atomic E-state index is -1.06. The van der Waals surface area contributed by atoms with Gasteiger partial charge in [-0.25, -0.2) is 0 Å². The van der Waals surface area contributed by atoms with Gasteiger partial charge in [-0.15, -0.1) is 0 Å². The summed E-state index contributed by atoms with van der Waals surface area (Å²) in [7, 11) is 0. The van der Waals surface area contributed by atoms with Crippen molar-refractivity contribution in [2.75, 3.05) is 0 Å². The molecule has 4 heteroatoms. The molecule has 0 amide bonds. The summed E-state index contributed by atoms with van der Waals surface area (Å²) in [6, 6.07) is 0. The first-order valence-electron chi connectivity index (χ1n) is 10.3. The number of hydrogen-bond acceptors (Lipinski definition) is 4. The van der Waals surface area contributed by atoms with Gasteiger partial charge in [0.05, 0.1) is 5.60 Å². The van der Waals surface area contributed by atoms with E-state index in [1.807, 2.05) is 0 Å². The monoisotopic (exact) mass is 360 g/mol. The summed E-state index contributed by atoms with van der Waals surface area (Å²) in [5.41, 5.74) is -1.80. The van der Waals surface area contributed by atoms with Gasteiger partial charge in [-0.2, -0.15) is 0 Å². The number of fused-ring (bicyclic) bond motifs is 5. The number of hydrogen-bond donors (Lipinski definition) is 1. The number of rotatable bonds is 1. The van der Waals surface area contributed by atoms with E-state index < -0.39 is 11.0 Å². The molecule has 4 fully saturated rings. The number of Topliss-reactive ketones (excluding diaryl/α,β-unsaturated/α-hetero) is 3. The summed E-state index contributed by atoms with van der Waals surface area (Å²) in [5, 5.41) is 11.6. The Morgan fingerprint density at radius 1 is 1.15 bits per heavy atom. The molecule has 0 saturated heterocycles. The van der Waals surface area contributed by atoms with Crippen LogP contribution in [0.2, 0.25) is 0 Å². The van der Waals surface area contributed by atoms with Crippen LogP contribution in [0.15, 0.2) is 0 Å². The second-order valence-electron chi connectivity index (χ2n) is 10.3. The molecular weight excluding hydrogens is 328 g/mol. The Kier molecular flexibility index (Phi) is 3.88. The van der Waals surface area contributed by atoms with Crippen LogP contribution in [0.3, 0.4) is 0 Å². The van der Waals surface area contributed by atoms with Crippen molar-refractivity contribution in [2.24, 2.45) is 40.4 Å². The number of carbonyl (C=O) groups is 3. The van der Waals surface area contributed by atoms with Crippen LogP contribution in [0, 0.1) is 40.4 Å². The quantitative estimate of drug-likeness (QED) is 0.778. The van der Waals surface area contributed by atoms with E-state index in [4.69, 9.17) is 0 Å². The van der Waals surface area contributed by atoms with Gasteiger partial charge in [-0.1, -0.05) is 20.8 Å². The first-order chi connectivity index (χ1) is 12.0. The van der Waals surface area contributed by atoms with Gasteiger partial charge in [0, 0.05) is 36.5 Å². The van der Waals surface area contributed by atoms with Gasteiger partial charge in [0.15, 0.2) is 0 Å². The Morgan fingerprint density at radius 3 is 2.50 bits per heavy atom. The van der Waals surface area contributed by atoms with Crippen LogP contribution in [-0.2, 0) is 14.4 Å². The first-order valence-corrected chi connectivity index (χ1v) is 10.3. The molecular formula is C22H32O4. The molecule has 0 bridgehead atoms. The maximum absolute atomic E-state index is 13.4. The third-order valence-corrected chi connectivity index (χ3v) is 9.25. The van der Waals surface area contributed by atoms with Gasteiger partial charge in [-0.3, -0.25) is 14.4 Å². The zero-order valence-corrected chi connectivity index (χ0v) is 16.5. The molecule has 0 unspecified atom stereocenters. The van der Waals surface area contributed by atoms with E-state index in [-0.39, 0.29) is 52.9 Å². The number of ketones is 3. The third-order valence-electron chi connectivity index (χ3n) is 9.25. The van der Waals surface area contributed by atoms with Gasteiger partial charge in [0.2, 0.25) is 0 Å². The number of aliphatic hydroxyl groups is 1. The second kappa shape index (κ2) is 5.50. The van der Waals surface area contributed by atoms with Crippen molar-refractivity contribution in [3.63, 3.8) is 0 Å². The summed E-state index contributed by atoms with van der Waals surface area (Å²) in [6.07, 6.45) is 4.42. The lowest BCUT2D eigenvalue weighted by Crippen LogP contribution is -2.67. The lowest BCUT2D eigenvalue weighted by molar-refractivity contribution is -0.222. The molecule has 4 aliphatic rings. The topological polar surface area (TPSA) is 71.4 Å². The van der Waals surface area contributed by atoms with E-state index in [0.29, 0.717) is 25.2 Å². The molecule has 4 aliphatic carbocycles. The Balaban J connectivity index is 1.77. The van der Waals surface area contributed by atoms with Gasteiger partial charge >= 0.3 is 0 Å². The molecule has 26 heavy (non-hydrogen) atoms. The molecule has 144 valence electrons. The zero-order valence-electron chi connectivity index (χ0n) is 16.5. The predicted octanol–water partition coefficient (Wildman–Crippen LogP) is 3.34. The highest BCUT2D eigenvalue weighted by Gasteiger charge is 2.69. The molecule has 0 aromatic rings. The van der Waals surface area contributed by atoms with Gasteiger partial charge in [-0.05, 0) is 55.8 Å². The van der Waals surface area contributed by atoms with Crippen molar-refractivity contribution >= 4 is 17.3 Å². The fourth-order valence-electron chi connectivity index (χ4n) is 7.95. The Bertz CT molecular complexity index is 684. The van der Waals surface area contributed by atoms with E-state index in [1.54, 1.807) is 6.92 Å². The van der Waals surface area contributed by atoms with E-state index in [1.165, 1.54) is 0 Å². The summed E-state index contributed by atoms with van der Waals surface area (Å²) < 4.78 is 0. The molecule has 1 N–H and O–H groups in total. The van der Waals surface area contributed by atoms with Crippen LogP contribution in [0.5, 0.6) is 0 Å². The maximum Gasteiger partial charge on any atom is 0.137 e. The highest BCUT2D eigenvalue weighted by atomic mass is 16.3. The van der Waals surface area contributed by atoms with E-state index >= 15 is 0 Å². The second-order valence-corrected chi connectivity index (χ2v) is 10.3. The van der Waals surface area contributed by atoms with E-state index in [9.17, 15) is 19.5 Å². The van der Waals surface area contributed by atoms with Crippen molar-refractivity contribution in [1.82, 2.24) is 0 Å². The Labute approximate surface area is 156 Å². The van der Waals surface area contributed by atoms with Crippen LogP contribution < -0.4 is 0 Å². The third kappa shape index (κ3) is 2.08. The van der Waals surface area contributed by atoms with Gasteiger partial charge in [0.25, 0.3) is 0 Å². The molecule has 0 aliphatic heterocycles. The van der Waals surface area contributed by atoms with Crippen LogP contribution in [-0.4, -0.2) is 28.1 Å². The fraction of sp³-hybridized carbons (Fsp3) is 0.864. The highest BCUT2D eigenvalue weighted by molar-refractivity contribution is 5.88. The first kappa shape index (κ1) is 18.3. The summed E-state index contributed by atoms with van der Waals surface area (Å²) in [5.74, 6) is 1.01. The largest absolute Gasteiger partial charge is 0.389 e. The van der Waals surface area contributed by atoms with Crippen LogP contribution in [0.4, 0.5) is 0 Å². The van der Waals surface area contributed by atoms with Crippen molar-refractivity contribution in [2.45, 2.75) is 78.2 Å². The Hall–Kier alpha value is -1.03. The van der Waals surface area contributed by atoms with E-state index in [2.05, 4.69) is 20.8 Å². The van der Waals surface area contributed by atoms with Crippen molar-refractivity contribution in [3.05, 3.63) is 0 Å². The smallest absolute Gasteiger partial charge is 0.137 e. The lowest BCUT2D eigenvalue weighted by Gasteiger charge is -2.64. The highest BCUT2D eigenvalue weighted by Crippen LogP contribution is 2.68. The standard InChI is InChI=1S/C22H32O4/c1-12-9-15-17-6-5-16(13(2)23)20(17,3)11-18(25)19(15)21(4)8-7-14(24)10-22(12,21)26/h12,15-17,19,26H,5-11H2,1-4H3/t12-,15-,16-,17+,19+,20-,21+,22-/m0/s1. The fourth-order valence-corrected chi connectivity index (χ4v) is 7.95. The molecule has 8 atom stereocenters. The summed E-state index contributed by atoms with van der Waals surface area (Å²) in [6.45, 7) is 7.94. The van der Waals surface area contributed by atoms with Gasteiger partial charge < -0.3 is 5.11 Å². The predicted molar refractivity (Wildman–Crippen MR) is 97.3 cm³/mol. The molecule has 0 spiro atoms. The summed E-state index contributed by atoms with van der Waals surface area (Å²) in [4.78, 5) is 37.8. The minimum Gasteiger partial charge on any atom is -0.389 e. The van der Waals surface area contributed by atoms with Gasteiger partial charge in [0.1, 0.15) is 17.3 Å². The minimum absolute atomic E-state index is 0.00419. The molecule has 0 aromatic carbocycles. The zero-order chi connectivity index (χ0) is 19.1. The molecule has 4 rings (SSSR count). The molecule has 0 radical (unpaired) electrons. The maximum atomic E-state index is 13.4. The van der Waals surface area contributed by atoms with Crippen molar-refractivity contribution in [3.8, 4) is 0 Å². The number of carbonyl (C=O) groups excluding carboxylic acids is 3. The molecule has 0 heterocycles. The van der Waals surface area contributed by atoms with Crippen LogP contribution in [0.1, 0.15) is 72.6 Å². The SMILES string of the molecule is CC(=O)[C@@H]1CC[C@@H]2[C@@H]3C[C@H](C)[C@@]4(O)CC(=O)CC[C@]4(C)[C@H]3C(=O)C[C@]21C. The molecule has 4 saturated carbocycles.